The van der Waals surface area contributed by atoms with Gasteiger partial charge < -0.3 is 19.7 Å². The Morgan fingerprint density at radius 2 is 1.86 bits per heavy atom. The number of rotatable bonds is 8. The van der Waals surface area contributed by atoms with Crippen LogP contribution in [-0.4, -0.2) is 39.1 Å². The number of amides is 2. The Morgan fingerprint density at radius 3 is 2.64 bits per heavy atom. The summed E-state index contributed by atoms with van der Waals surface area (Å²) < 4.78 is 10.5. The zero-order valence-electron chi connectivity index (χ0n) is 16.4. The predicted octanol–water partition coefficient (Wildman–Crippen LogP) is 2.73. The molecule has 0 bridgehead atoms. The fourth-order valence-electron chi connectivity index (χ4n) is 3.44. The SMILES string of the molecule is COc1ccc(CCCC(=O)NCC(=O)N2CCc3ccccc32)cc1OC. The molecule has 6 heteroatoms. The summed E-state index contributed by atoms with van der Waals surface area (Å²) in [6.45, 7) is 0.705. The van der Waals surface area contributed by atoms with E-state index in [-0.39, 0.29) is 18.4 Å². The first-order valence-electron chi connectivity index (χ1n) is 9.48. The van der Waals surface area contributed by atoms with Crippen LogP contribution in [0.5, 0.6) is 11.5 Å². The Balaban J connectivity index is 1.42. The van der Waals surface area contributed by atoms with Crippen molar-refractivity contribution in [3.8, 4) is 11.5 Å². The van der Waals surface area contributed by atoms with Crippen LogP contribution in [0.2, 0.25) is 0 Å². The second kappa shape index (κ2) is 9.26. The molecule has 0 atom stereocenters. The van der Waals surface area contributed by atoms with Crippen LogP contribution in [0.4, 0.5) is 5.69 Å². The van der Waals surface area contributed by atoms with E-state index in [2.05, 4.69) is 5.32 Å². The van der Waals surface area contributed by atoms with Crippen molar-refractivity contribution >= 4 is 17.5 Å². The molecule has 6 nitrogen and oxygen atoms in total. The lowest BCUT2D eigenvalue weighted by Gasteiger charge is -2.17. The van der Waals surface area contributed by atoms with Crippen LogP contribution in [0.15, 0.2) is 42.5 Å². The molecule has 0 saturated heterocycles. The van der Waals surface area contributed by atoms with Crippen molar-refractivity contribution in [2.45, 2.75) is 25.7 Å². The molecule has 0 spiro atoms. The molecule has 0 fully saturated rings. The largest absolute Gasteiger partial charge is 0.493 e. The van der Waals surface area contributed by atoms with Crippen molar-refractivity contribution in [2.24, 2.45) is 0 Å². The summed E-state index contributed by atoms with van der Waals surface area (Å²) in [5.41, 5.74) is 3.21. The van der Waals surface area contributed by atoms with Crippen LogP contribution in [0.3, 0.4) is 0 Å². The van der Waals surface area contributed by atoms with Gasteiger partial charge in [0.05, 0.1) is 20.8 Å². The topological polar surface area (TPSA) is 67.9 Å². The maximum atomic E-state index is 12.4. The lowest BCUT2D eigenvalue weighted by Crippen LogP contribution is -2.39. The summed E-state index contributed by atoms with van der Waals surface area (Å²) in [6.07, 6.45) is 2.68. The number of carbonyl (C=O) groups is 2. The number of benzene rings is 2. The van der Waals surface area contributed by atoms with Crippen molar-refractivity contribution < 1.29 is 19.1 Å². The molecule has 28 heavy (non-hydrogen) atoms. The molecule has 1 heterocycles. The molecule has 1 N–H and O–H groups in total. The minimum atomic E-state index is -0.110. The molecule has 1 aliphatic heterocycles. The van der Waals surface area contributed by atoms with E-state index in [1.54, 1.807) is 19.1 Å². The number of anilines is 1. The van der Waals surface area contributed by atoms with Crippen molar-refractivity contribution in [2.75, 3.05) is 32.2 Å². The number of ether oxygens (including phenoxy) is 2. The van der Waals surface area contributed by atoms with Gasteiger partial charge in [-0.2, -0.15) is 0 Å². The smallest absolute Gasteiger partial charge is 0.246 e. The minimum Gasteiger partial charge on any atom is -0.493 e. The van der Waals surface area contributed by atoms with Gasteiger partial charge in [-0.25, -0.2) is 0 Å². The summed E-state index contributed by atoms with van der Waals surface area (Å²) >= 11 is 0. The van der Waals surface area contributed by atoms with E-state index in [1.807, 2.05) is 42.5 Å². The monoisotopic (exact) mass is 382 g/mol. The molecule has 2 amide bonds. The van der Waals surface area contributed by atoms with E-state index in [0.717, 1.165) is 24.1 Å². The van der Waals surface area contributed by atoms with E-state index < -0.39 is 0 Å². The highest BCUT2D eigenvalue weighted by Gasteiger charge is 2.24. The summed E-state index contributed by atoms with van der Waals surface area (Å²) in [5.74, 6) is 1.19. The van der Waals surface area contributed by atoms with Gasteiger partial charge >= 0.3 is 0 Å². The van der Waals surface area contributed by atoms with Gasteiger partial charge in [-0.3, -0.25) is 9.59 Å². The number of para-hydroxylation sites is 1. The maximum Gasteiger partial charge on any atom is 0.246 e. The van der Waals surface area contributed by atoms with Gasteiger partial charge in [0.15, 0.2) is 11.5 Å². The molecule has 0 unspecified atom stereocenters. The zero-order valence-corrected chi connectivity index (χ0v) is 16.4. The van der Waals surface area contributed by atoms with Crippen molar-refractivity contribution in [1.29, 1.82) is 0 Å². The standard InChI is InChI=1S/C22H26N2O4/c1-27-19-11-10-16(14-20(19)28-2)6-5-9-21(25)23-15-22(26)24-13-12-17-7-3-4-8-18(17)24/h3-4,7-8,10-11,14H,5-6,9,12-13,15H2,1-2H3,(H,23,25). The number of methoxy groups -OCH3 is 2. The molecule has 2 aromatic rings. The Kier molecular flexibility index (Phi) is 6.53. The van der Waals surface area contributed by atoms with Crippen molar-refractivity contribution in [3.05, 3.63) is 53.6 Å². The van der Waals surface area contributed by atoms with E-state index in [0.29, 0.717) is 30.9 Å². The second-order valence-corrected chi connectivity index (χ2v) is 6.74. The fraction of sp³-hybridized carbons (Fsp3) is 0.364. The molecular formula is C22H26N2O4. The molecule has 1 aliphatic rings. The average molecular weight is 382 g/mol. The van der Waals surface area contributed by atoms with Gasteiger partial charge in [0.25, 0.3) is 0 Å². The highest BCUT2D eigenvalue weighted by molar-refractivity contribution is 5.98. The molecule has 0 aromatic heterocycles. The van der Waals surface area contributed by atoms with Crippen LogP contribution in [0.25, 0.3) is 0 Å². The quantitative estimate of drug-likeness (QED) is 0.762. The Morgan fingerprint density at radius 1 is 1.07 bits per heavy atom. The highest BCUT2D eigenvalue weighted by atomic mass is 16.5. The third kappa shape index (κ3) is 4.63. The van der Waals surface area contributed by atoms with Gasteiger partial charge in [0, 0.05) is 18.7 Å². The third-order valence-electron chi connectivity index (χ3n) is 4.94. The molecule has 2 aromatic carbocycles. The first kappa shape index (κ1) is 19.7. The highest BCUT2D eigenvalue weighted by Crippen LogP contribution is 2.28. The Hall–Kier alpha value is -3.02. The van der Waals surface area contributed by atoms with Crippen LogP contribution < -0.4 is 19.7 Å². The maximum absolute atomic E-state index is 12.4. The van der Waals surface area contributed by atoms with E-state index in [9.17, 15) is 9.59 Å². The number of fused-ring (bicyclic) bond motifs is 1. The van der Waals surface area contributed by atoms with Crippen molar-refractivity contribution in [3.63, 3.8) is 0 Å². The van der Waals surface area contributed by atoms with Gasteiger partial charge in [-0.05, 0) is 48.6 Å². The van der Waals surface area contributed by atoms with Crippen LogP contribution >= 0.6 is 0 Å². The summed E-state index contributed by atoms with van der Waals surface area (Å²) in [4.78, 5) is 26.3. The average Bonchev–Trinajstić information content (AvgIpc) is 3.16. The second-order valence-electron chi connectivity index (χ2n) is 6.74. The number of nitrogens with zero attached hydrogens (tertiary/aromatic N) is 1. The van der Waals surface area contributed by atoms with Gasteiger partial charge in [0.1, 0.15) is 0 Å². The van der Waals surface area contributed by atoms with Crippen LogP contribution in [-0.2, 0) is 22.4 Å². The zero-order chi connectivity index (χ0) is 19.9. The van der Waals surface area contributed by atoms with E-state index in [1.165, 1.54) is 5.56 Å². The molecule has 3 rings (SSSR count). The van der Waals surface area contributed by atoms with E-state index in [4.69, 9.17) is 9.47 Å². The predicted molar refractivity (Wildman–Crippen MR) is 108 cm³/mol. The number of aryl methyl sites for hydroxylation is 1. The van der Waals surface area contributed by atoms with Crippen LogP contribution in [0.1, 0.15) is 24.0 Å². The van der Waals surface area contributed by atoms with E-state index >= 15 is 0 Å². The van der Waals surface area contributed by atoms with Gasteiger partial charge in [0.2, 0.25) is 11.8 Å². The number of carbonyl (C=O) groups excluding carboxylic acids is 2. The summed E-state index contributed by atoms with van der Waals surface area (Å²) in [7, 11) is 3.20. The number of nitrogens with one attached hydrogen (secondary N) is 1. The van der Waals surface area contributed by atoms with Crippen LogP contribution in [0, 0.1) is 0 Å². The molecule has 0 aliphatic carbocycles. The molecule has 0 radical (unpaired) electrons. The first-order valence-corrected chi connectivity index (χ1v) is 9.48. The summed E-state index contributed by atoms with van der Waals surface area (Å²) in [6, 6.07) is 13.6. The number of hydrogen-bond donors (Lipinski definition) is 1. The summed E-state index contributed by atoms with van der Waals surface area (Å²) in [5, 5.41) is 2.74. The normalized spacial score (nSPS) is 12.4. The van der Waals surface area contributed by atoms with Crippen molar-refractivity contribution in [1.82, 2.24) is 5.32 Å². The molecular weight excluding hydrogens is 356 g/mol. The minimum absolute atomic E-state index is 0.0313. The lowest BCUT2D eigenvalue weighted by molar-refractivity contribution is -0.125. The number of hydrogen-bond acceptors (Lipinski definition) is 4. The molecule has 0 saturated carbocycles. The lowest BCUT2D eigenvalue weighted by atomic mass is 10.1. The molecule has 148 valence electrons. The Bertz CT molecular complexity index is 850. The first-order chi connectivity index (χ1) is 13.6. The fourth-order valence-corrected chi connectivity index (χ4v) is 3.44. The third-order valence-corrected chi connectivity index (χ3v) is 4.94. The van der Waals surface area contributed by atoms with Gasteiger partial charge in [-0.1, -0.05) is 24.3 Å². The van der Waals surface area contributed by atoms with Gasteiger partial charge in [-0.15, -0.1) is 0 Å². The Labute approximate surface area is 165 Å².